The average molecular weight is 595 g/mol. The van der Waals surface area contributed by atoms with Gasteiger partial charge in [0.05, 0.1) is 17.3 Å². The number of ketones is 1. The van der Waals surface area contributed by atoms with Crippen LogP contribution in [0, 0.1) is 20.8 Å². The van der Waals surface area contributed by atoms with Crippen molar-refractivity contribution in [2.24, 2.45) is 0 Å². The fourth-order valence-electron chi connectivity index (χ4n) is 4.85. The Morgan fingerprint density at radius 3 is 2.44 bits per heavy atom. The van der Waals surface area contributed by atoms with E-state index in [1.54, 1.807) is 44.2 Å². The number of anilines is 1. The highest BCUT2D eigenvalue weighted by molar-refractivity contribution is 7.17. The number of aliphatic hydroxyl groups is 1. The van der Waals surface area contributed by atoms with E-state index in [1.807, 2.05) is 49.4 Å². The molecule has 218 valence electrons. The first kappa shape index (κ1) is 29.5. The predicted octanol–water partition coefficient (Wildman–Crippen LogP) is 6.62. The van der Waals surface area contributed by atoms with Crippen LogP contribution in [0.4, 0.5) is 5.13 Å². The first-order valence-electron chi connectivity index (χ1n) is 13.6. The molecular weight excluding hydrogens is 564 g/mol. The zero-order chi connectivity index (χ0) is 30.7. The molecule has 0 radical (unpaired) electrons. The molecule has 0 unspecified atom stereocenters. The molecule has 2 heterocycles. The van der Waals surface area contributed by atoms with Crippen molar-refractivity contribution in [1.29, 1.82) is 0 Å². The molecular formula is C34H30N2O6S. The number of nitrogens with zero attached hydrogens (tertiary/aromatic N) is 2. The molecule has 0 aliphatic carbocycles. The van der Waals surface area contributed by atoms with E-state index in [9.17, 15) is 19.5 Å². The zero-order valence-electron chi connectivity index (χ0n) is 24.0. The van der Waals surface area contributed by atoms with Crippen molar-refractivity contribution in [3.05, 3.63) is 129 Å². The molecule has 4 aromatic rings. The number of thiazole rings is 1. The van der Waals surface area contributed by atoms with E-state index in [1.165, 1.54) is 11.0 Å². The van der Waals surface area contributed by atoms with Gasteiger partial charge in [-0.2, -0.15) is 0 Å². The molecule has 1 amide bonds. The molecule has 5 rings (SSSR count). The van der Waals surface area contributed by atoms with E-state index < -0.39 is 23.7 Å². The summed E-state index contributed by atoms with van der Waals surface area (Å²) in [4.78, 5) is 45.7. The number of ether oxygens (including phenoxy) is 2. The topological polar surface area (TPSA) is 106 Å². The van der Waals surface area contributed by atoms with Gasteiger partial charge >= 0.3 is 11.9 Å². The van der Waals surface area contributed by atoms with Crippen molar-refractivity contribution in [3.8, 4) is 5.75 Å². The van der Waals surface area contributed by atoms with Crippen molar-refractivity contribution in [2.45, 2.75) is 33.4 Å². The number of benzene rings is 3. The van der Waals surface area contributed by atoms with Gasteiger partial charge in [-0.3, -0.25) is 14.5 Å². The van der Waals surface area contributed by atoms with Crippen LogP contribution in [0.1, 0.15) is 49.2 Å². The fourth-order valence-corrected chi connectivity index (χ4v) is 5.83. The van der Waals surface area contributed by atoms with Crippen molar-refractivity contribution in [1.82, 2.24) is 4.98 Å². The van der Waals surface area contributed by atoms with Gasteiger partial charge in [0.15, 0.2) is 5.13 Å². The van der Waals surface area contributed by atoms with Gasteiger partial charge in [0, 0.05) is 5.56 Å². The van der Waals surface area contributed by atoms with Crippen molar-refractivity contribution in [3.63, 3.8) is 0 Å². The second kappa shape index (κ2) is 12.5. The number of esters is 1. The van der Waals surface area contributed by atoms with Crippen LogP contribution in [0.15, 0.2) is 91.0 Å². The zero-order valence-corrected chi connectivity index (χ0v) is 24.8. The summed E-state index contributed by atoms with van der Waals surface area (Å²) in [7, 11) is 0. The molecule has 0 saturated carbocycles. The van der Waals surface area contributed by atoms with Crippen LogP contribution in [0.5, 0.6) is 5.75 Å². The molecule has 1 fully saturated rings. The Morgan fingerprint density at radius 2 is 1.77 bits per heavy atom. The number of aromatic nitrogens is 1. The second-order valence-corrected chi connectivity index (χ2v) is 11.1. The van der Waals surface area contributed by atoms with Crippen molar-refractivity contribution < 1.29 is 29.0 Å². The lowest BCUT2D eigenvalue weighted by Crippen LogP contribution is -2.29. The summed E-state index contributed by atoms with van der Waals surface area (Å²) < 4.78 is 11.1. The number of carbonyl (C=O) groups excluding carboxylic acids is 3. The normalized spacial score (nSPS) is 15.9. The largest absolute Gasteiger partial charge is 0.507 e. The van der Waals surface area contributed by atoms with E-state index in [0.29, 0.717) is 34.7 Å². The average Bonchev–Trinajstić information content (AvgIpc) is 3.51. The van der Waals surface area contributed by atoms with Crippen LogP contribution in [-0.4, -0.2) is 34.4 Å². The third kappa shape index (κ3) is 5.98. The molecule has 3 aromatic carbocycles. The van der Waals surface area contributed by atoms with E-state index in [0.717, 1.165) is 22.5 Å². The summed E-state index contributed by atoms with van der Waals surface area (Å²) in [5.41, 5.74) is 3.95. The SMILES string of the molecule is C=CCOC(=O)c1sc(N2C(=O)C(=O)/C(=C(/O)c3ccc(OCc4ccccc4)cc3C)[C@@H]2c2ccc(C)cc2)nc1C. The van der Waals surface area contributed by atoms with Gasteiger partial charge in [-0.25, -0.2) is 9.78 Å². The van der Waals surface area contributed by atoms with Gasteiger partial charge in [-0.1, -0.05) is 84.2 Å². The molecule has 43 heavy (non-hydrogen) atoms. The number of hydrogen-bond donors (Lipinski definition) is 1. The summed E-state index contributed by atoms with van der Waals surface area (Å²) in [5, 5.41) is 11.8. The third-order valence-corrected chi connectivity index (χ3v) is 8.18. The van der Waals surface area contributed by atoms with Crippen LogP contribution >= 0.6 is 11.3 Å². The lowest BCUT2D eigenvalue weighted by Gasteiger charge is -2.23. The first-order valence-corrected chi connectivity index (χ1v) is 14.4. The first-order chi connectivity index (χ1) is 20.7. The van der Waals surface area contributed by atoms with Crippen LogP contribution in [-0.2, 0) is 20.9 Å². The smallest absolute Gasteiger partial charge is 0.350 e. The monoisotopic (exact) mass is 594 g/mol. The minimum absolute atomic E-state index is 0.0226. The molecule has 1 aliphatic heterocycles. The third-order valence-electron chi connectivity index (χ3n) is 7.05. The van der Waals surface area contributed by atoms with Gasteiger partial charge < -0.3 is 14.6 Å². The van der Waals surface area contributed by atoms with Crippen LogP contribution in [0.2, 0.25) is 0 Å². The minimum atomic E-state index is -0.975. The number of carbonyl (C=O) groups is 3. The van der Waals surface area contributed by atoms with Crippen LogP contribution in [0.3, 0.4) is 0 Å². The quantitative estimate of drug-likeness (QED) is 0.0764. The Morgan fingerprint density at radius 1 is 1.05 bits per heavy atom. The Kier molecular flexibility index (Phi) is 8.54. The Hall–Kier alpha value is -5.02. The summed E-state index contributed by atoms with van der Waals surface area (Å²) in [6, 6.07) is 21.3. The highest BCUT2D eigenvalue weighted by Gasteiger charge is 2.48. The fraction of sp³-hybridized carbons (Fsp3) is 0.176. The Labute approximate surface area is 253 Å². The molecule has 1 aromatic heterocycles. The molecule has 1 N–H and O–H groups in total. The highest BCUT2D eigenvalue weighted by Crippen LogP contribution is 2.44. The van der Waals surface area contributed by atoms with E-state index in [2.05, 4.69) is 11.6 Å². The second-order valence-electron chi connectivity index (χ2n) is 10.1. The maximum atomic E-state index is 13.6. The highest BCUT2D eigenvalue weighted by atomic mass is 32.1. The lowest BCUT2D eigenvalue weighted by atomic mass is 9.93. The van der Waals surface area contributed by atoms with Crippen LogP contribution < -0.4 is 9.64 Å². The predicted molar refractivity (Wildman–Crippen MR) is 165 cm³/mol. The number of amides is 1. The molecule has 1 saturated heterocycles. The van der Waals surface area contributed by atoms with E-state index in [-0.39, 0.29) is 27.9 Å². The van der Waals surface area contributed by atoms with Crippen LogP contribution in [0.25, 0.3) is 5.76 Å². The van der Waals surface area contributed by atoms with E-state index >= 15 is 0 Å². The minimum Gasteiger partial charge on any atom is -0.507 e. The summed E-state index contributed by atoms with van der Waals surface area (Å²) in [5.74, 6) is -2.02. The van der Waals surface area contributed by atoms with Crippen molar-refractivity contribution >= 4 is 39.9 Å². The van der Waals surface area contributed by atoms with Gasteiger partial charge in [0.1, 0.15) is 29.6 Å². The van der Waals surface area contributed by atoms with Gasteiger partial charge in [0.2, 0.25) is 0 Å². The summed E-state index contributed by atoms with van der Waals surface area (Å²) in [6.07, 6.45) is 1.45. The van der Waals surface area contributed by atoms with Crippen molar-refractivity contribution in [2.75, 3.05) is 11.5 Å². The van der Waals surface area contributed by atoms with Gasteiger partial charge in [-0.15, -0.1) is 0 Å². The maximum absolute atomic E-state index is 13.6. The summed E-state index contributed by atoms with van der Waals surface area (Å²) in [6.45, 7) is 9.31. The molecule has 8 nitrogen and oxygen atoms in total. The molecule has 1 atom stereocenters. The van der Waals surface area contributed by atoms with Gasteiger partial charge in [0.25, 0.3) is 5.78 Å². The Bertz CT molecular complexity index is 1740. The molecule has 0 spiro atoms. The van der Waals surface area contributed by atoms with E-state index in [4.69, 9.17) is 9.47 Å². The number of aryl methyl sites for hydroxylation is 3. The van der Waals surface area contributed by atoms with Gasteiger partial charge in [-0.05, 0) is 55.7 Å². The number of Topliss-reactive ketones (excluding diaryl/α,β-unsaturated/α-hetero) is 1. The Balaban J connectivity index is 1.55. The lowest BCUT2D eigenvalue weighted by molar-refractivity contribution is -0.132. The number of hydrogen-bond acceptors (Lipinski definition) is 8. The standard InChI is InChI=1S/C34H30N2O6S/c1-5-17-41-33(40)31-22(4)35-34(43-31)36-28(24-13-11-20(2)12-14-24)27(30(38)32(36)39)29(37)26-16-15-25(18-21(26)3)42-19-23-9-7-6-8-10-23/h5-16,18,28,37H,1,17,19H2,2-4H3/b29-27+/t28-/m0/s1. The molecule has 1 aliphatic rings. The molecule has 9 heteroatoms. The molecule has 0 bridgehead atoms. The number of aliphatic hydroxyl groups excluding tert-OH is 1. The maximum Gasteiger partial charge on any atom is 0.350 e. The summed E-state index contributed by atoms with van der Waals surface area (Å²) >= 11 is 0.953. The number of rotatable bonds is 9.